The minimum atomic E-state index is -0.384. The summed E-state index contributed by atoms with van der Waals surface area (Å²) in [7, 11) is 0. The zero-order chi connectivity index (χ0) is 24.1. The van der Waals surface area contributed by atoms with Crippen LogP contribution in [0.4, 0.5) is 0 Å². The van der Waals surface area contributed by atoms with E-state index in [0.717, 1.165) is 36.5 Å². The molecule has 2 heteroatoms. The van der Waals surface area contributed by atoms with Crippen molar-refractivity contribution < 1.29 is 9.90 Å². The van der Waals surface area contributed by atoms with E-state index in [1.54, 1.807) is 0 Å². The van der Waals surface area contributed by atoms with Crippen molar-refractivity contribution in [3.63, 3.8) is 0 Å². The molecule has 33 heavy (non-hydrogen) atoms. The molecule has 0 spiro atoms. The molecule has 186 valence electrons. The van der Waals surface area contributed by atoms with Gasteiger partial charge in [-0.05, 0) is 98.4 Å². The Labute approximate surface area is 203 Å². The van der Waals surface area contributed by atoms with Crippen LogP contribution in [0.3, 0.4) is 0 Å². The lowest BCUT2D eigenvalue weighted by Gasteiger charge is -2.60. The minimum absolute atomic E-state index is 0.0967. The summed E-state index contributed by atoms with van der Waals surface area (Å²) < 4.78 is 0. The lowest BCUT2D eigenvalue weighted by Crippen LogP contribution is -2.55. The van der Waals surface area contributed by atoms with Gasteiger partial charge < -0.3 is 5.11 Å². The third-order valence-electron chi connectivity index (χ3n) is 11.2. The van der Waals surface area contributed by atoms with Gasteiger partial charge in [0.1, 0.15) is 0 Å². The second-order valence-corrected chi connectivity index (χ2v) is 13.4. The molecule has 0 aromatic rings. The Balaban J connectivity index is 1.58. The predicted molar refractivity (Wildman–Crippen MR) is 138 cm³/mol. The number of ketones is 1. The quantitative estimate of drug-likeness (QED) is 0.315. The number of fused-ring (bicyclic) bond motifs is 5. The van der Waals surface area contributed by atoms with E-state index < -0.39 is 0 Å². The maximum atomic E-state index is 13.3. The van der Waals surface area contributed by atoms with Crippen molar-refractivity contribution in [3.05, 3.63) is 23.8 Å². The standard InChI is InChI=1S/C31H50O2/c1-19(2)9-8-10-21(5)25-13-14-26-24-12-11-22-17-23(32)18-28(29(33)20(3)4)31(22,7)27(24)15-16-30(25,26)6/h11,19,21,23-28,32H,3,8-10,12-18H2,1-2,4-7H3/t21-,23-,24+,25-,26+,27+,28?,30-,31+/m1/s1. The Hall–Kier alpha value is -0.890. The van der Waals surface area contributed by atoms with Crippen molar-refractivity contribution in [1.29, 1.82) is 0 Å². The second-order valence-electron chi connectivity index (χ2n) is 13.4. The summed E-state index contributed by atoms with van der Waals surface area (Å²) in [6.45, 7) is 18.1. The highest BCUT2D eigenvalue weighted by atomic mass is 16.3. The molecule has 1 unspecified atom stereocenters. The Kier molecular flexibility index (Phi) is 7.09. The Morgan fingerprint density at radius 2 is 1.88 bits per heavy atom. The van der Waals surface area contributed by atoms with E-state index in [4.69, 9.17) is 0 Å². The molecule has 0 aromatic heterocycles. The number of Topliss-reactive ketones (excluding diaryl/α,β-unsaturated/α-hetero) is 1. The number of carbonyl (C=O) groups excluding carboxylic acids is 1. The second kappa shape index (κ2) is 9.29. The maximum Gasteiger partial charge on any atom is 0.162 e. The van der Waals surface area contributed by atoms with Crippen LogP contribution in [-0.4, -0.2) is 17.0 Å². The third-order valence-corrected chi connectivity index (χ3v) is 11.2. The minimum Gasteiger partial charge on any atom is -0.393 e. The fraction of sp³-hybridized carbons (Fsp3) is 0.839. The van der Waals surface area contributed by atoms with E-state index in [-0.39, 0.29) is 23.2 Å². The third kappa shape index (κ3) is 4.21. The summed E-state index contributed by atoms with van der Waals surface area (Å²) in [6, 6.07) is 0. The van der Waals surface area contributed by atoms with Crippen LogP contribution in [0.5, 0.6) is 0 Å². The topological polar surface area (TPSA) is 37.3 Å². The largest absolute Gasteiger partial charge is 0.393 e. The molecule has 4 aliphatic carbocycles. The first-order valence-corrected chi connectivity index (χ1v) is 14.1. The van der Waals surface area contributed by atoms with Crippen molar-refractivity contribution in [2.75, 3.05) is 0 Å². The molecule has 0 aromatic carbocycles. The lowest BCUT2D eigenvalue weighted by molar-refractivity contribution is -0.132. The van der Waals surface area contributed by atoms with Crippen LogP contribution in [-0.2, 0) is 4.79 Å². The van der Waals surface area contributed by atoms with Gasteiger partial charge in [0.25, 0.3) is 0 Å². The van der Waals surface area contributed by atoms with Gasteiger partial charge in [-0.15, -0.1) is 0 Å². The highest BCUT2D eigenvalue weighted by Gasteiger charge is 2.61. The number of allylic oxidation sites excluding steroid dienone is 2. The number of aliphatic hydroxyl groups is 1. The Bertz CT molecular complexity index is 793. The Morgan fingerprint density at radius 1 is 1.15 bits per heavy atom. The van der Waals surface area contributed by atoms with Crippen LogP contribution < -0.4 is 0 Å². The fourth-order valence-corrected chi connectivity index (χ4v) is 9.44. The zero-order valence-corrected chi connectivity index (χ0v) is 22.3. The maximum absolute atomic E-state index is 13.3. The molecule has 3 saturated carbocycles. The van der Waals surface area contributed by atoms with Gasteiger partial charge >= 0.3 is 0 Å². The highest BCUT2D eigenvalue weighted by Crippen LogP contribution is 2.68. The molecule has 2 nitrogen and oxygen atoms in total. The molecule has 0 amide bonds. The van der Waals surface area contributed by atoms with Gasteiger partial charge in [0, 0.05) is 11.3 Å². The van der Waals surface area contributed by atoms with E-state index in [9.17, 15) is 9.90 Å². The van der Waals surface area contributed by atoms with Crippen LogP contribution >= 0.6 is 0 Å². The summed E-state index contributed by atoms with van der Waals surface area (Å²) >= 11 is 0. The van der Waals surface area contributed by atoms with Crippen LogP contribution in [0.25, 0.3) is 0 Å². The molecule has 0 aliphatic heterocycles. The van der Waals surface area contributed by atoms with Gasteiger partial charge in [-0.2, -0.15) is 0 Å². The lowest BCUT2D eigenvalue weighted by atomic mass is 9.44. The molecule has 0 heterocycles. The van der Waals surface area contributed by atoms with Gasteiger partial charge in [-0.3, -0.25) is 4.79 Å². The Morgan fingerprint density at radius 3 is 2.55 bits per heavy atom. The monoisotopic (exact) mass is 454 g/mol. The van der Waals surface area contributed by atoms with Gasteiger partial charge in [0.05, 0.1) is 6.10 Å². The molecule has 4 rings (SSSR count). The summed E-state index contributed by atoms with van der Waals surface area (Å²) in [5, 5.41) is 10.6. The van der Waals surface area contributed by atoms with Crippen molar-refractivity contribution in [3.8, 4) is 0 Å². The number of carbonyl (C=O) groups is 1. The molecule has 0 radical (unpaired) electrons. The molecule has 1 N–H and O–H groups in total. The smallest absolute Gasteiger partial charge is 0.162 e. The summed E-state index contributed by atoms with van der Waals surface area (Å²) in [6.07, 6.45) is 14.1. The fourth-order valence-electron chi connectivity index (χ4n) is 9.44. The van der Waals surface area contributed by atoms with Gasteiger partial charge in [-0.1, -0.05) is 72.1 Å². The SMILES string of the molecule is C=C(C)C(=O)C1C[C@H](O)CC2=CC[C@H]3[C@@H]4CC[C@H]([C@H](C)CCCC(C)C)[C@@]4(C)CC[C@@H]3[C@]21C. The van der Waals surface area contributed by atoms with E-state index in [0.29, 0.717) is 29.2 Å². The first-order valence-electron chi connectivity index (χ1n) is 14.1. The average molecular weight is 455 g/mol. The van der Waals surface area contributed by atoms with Crippen LogP contribution in [0.15, 0.2) is 23.8 Å². The molecule has 0 saturated heterocycles. The van der Waals surface area contributed by atoms with Crippen LogP contribution in [0.1, 0.15) is 106 Å². The van der Waals surface area contributed by atoms with Crippen molar-refractivity contribution in [2.45, 2.75) is 112 Å². The zero-order valence-electron chi connectivity index (χ0n) is 22.3. The van der Waals surface area contributed by atoms with E-state index in [1.165, 1.54) is 50.5 Å². The number of rotatable bonds is 7. The van der Waals surface area contributed by atoms with Crippen LogP contribution in [0, 0.1) is 52.3 Å². The summed E-state index contributed by atoms with van der Waals surface area (Å²) in [4.78, 5) is 13.3. The van der Waals surface area contributed by atoms with Gasteiger partial charge in [0.15, 0.2) is 5.78 Å². The van der Waals surface area contributed by atoms with Crippen LogP contribution in [0.2, 0.25) is 0 Å². The van der Waals surface area contributed by atoms with Gasteiger partial charge in [0.2, 0.25) is 0 Å². The normalized spacial score (nSPS) is 43.3. The van der Waals surface area contributed by atoms with E-state index in [1.807, 2.05) is 6.92 Å². The predicted octanol–water partition coefficient (Wildman–Crippen LogP) is 7.76. The number of hydrogen-bond donors (Lipinski definition) is 1. The summed E-state index contributed by atoms with van der Waals surface area (Å²) in [5.41, 5.74) is 2.40. The van der Waals surface area contributed by atoms with Crippen molar-refractivity contribution in [1.82, 2.24) is 0 Å². The number of hydrogen-bond acceptors (Lipinski definition) is 2. The average Bonchev–Trinajstić information content (AvgIpc) is 3.10. The van der Waals surface area contributed by atoms with E-state index >= 15 is 0 Å². The molecule has 9 atom stereocenters. The molecule has 0 bridgehead atoms. The van der Waals surface area contributed by atoms with Crippen molar-refractivity contribution >= 4 is 5.78 Å². The number of aliphatic hydroxyl groups excluding tert-OH is 1. The van der Waals surface area contributed by atoms with E-state index in [2.05, 4.69) is 47.3 Å². The summed E-state index contributed by atoms with van der Waals surface area (Å²) in [5.74, 6) is 4.64. The molecule has 4 aliphatic rings. The first-order chi connectivity index (χ1) is 15.5. The van der Waals surface area contributed by atoms with Gasteiger partial charge in [-0.25, -0.2) is 0 Å². The molecular formula is C31H50O2. The highest BCUT2D eigenvalue weighted by molar-refractivity contribution is 5.97. The molecular weight excluding hydrogens is 404 g/mol. The molecule has 3 fully saturated rings. The van der Waals surface area contributed by atoms with Crippen molar-refractivity contribution in [2.24, 2.45) is 52.3 Å². The first kappa shape index (κ1) is 25.2.